The number of carbonyl (C=O) groups is 2. The van der Waals surface area contributed by atoms with Crippen LogP contribution in [0.4, 0.5) is 0 Å². The van der Waals surface area contributed by atoms with Crippen molar-refractivity contribution in [2.75, 3.05) is 0 Å². The Balaban J connectivity index is -0.00000722. The molecule has 3 nitrogen and oxygen atoms in total. The van der Waals surface area contributed by atoms with Crippen LogP contribution in [0.1, 0.15) is 195 Å². The number of allylic oxidation sites excluding steroid dienone is 4. The van der Waals surface area contributed by atoms with E-state index in [0.29, 0.717) is 12.8 Å². The first kappa shape index (κ1) is 41.8. The molecule has 0 spiro atoms. The Hall–Kier alpha value is -0.380. The molecular weight excluding hydrogens is 503 g/mol. The Morgan fingerprint density at radius 3 is 0.975 bits per heavy atom. The predicted molar refractivity (Wildman–Crippen MR) is 171 cm³/mol. The molecule has 0 rings (SSSR count). The molecule has 0 bridgehead atoms. The van der Waals surface area contributed by atoms with Gasteiger partial charge in [-0.3, -0.25) is 9.59 Å². The summed E-state index contributed by atoms with van der Waals surface area (Å²) in [7, 11) is 0. The van der Waals surface area contributed by atoms with Crippen molar-refractivity contribution in [2.24, 2.45) is 0 Å². The van der Waals surface area contributed by atoms with E-state index < -0.39 is 0 Å². The van der Waals surface area contributed by atoms with Gasteiger partial charge in [-0.1, -0.05) is 141 Å². The minimum absolute atomic E-state index is 0. The maximum atomic E-state index is 11.9. The number of hydrogen-bond acceptors (Lipinski definition) is 3. The molecule has 0 saturated carbocycles. The summed E-state index contributed by atoms with van der Waals surface area (Å²) >= 11 is 0. The molecule has 0 radical (unpaired) electrons. The third-order valence-corrected chi connectivity index (χ3v) is 7.51. The van der Waals surface area contributed by atoms with E-state index in [4.69, 9.17) is 4.74 Å². The van der Waals surface area contributed by atoms with E-state index in [1.54, 1.807) is 0 Å². The van der Waals surface area contributed by atoms with Gasteiger partial charge in [-0.25, -0.2) is 0 Å². The molecule has 0 aromatic rings. The molecule has 230 valence electrons. The molecule has 0 aliphatic heterocycles. The van der Waals surface area contributed by atoms with Crippen LogP contribution >= 0.6 is 0 Å². The van der Waals surface area contributed by atoms with Gasteiger partial charge in [0, 0.05) is 12.8 Å². The minimum atomic E-state index is -0.342. The zero-order chi connectivity index (χ0) is 28.5. The first-order chi connectivity index (χ1) is 19.2. The smallest absolute Gasteiger partial charge is 1.00 e. The minimum Gasteiger partial charge on any atom is -1.00 e. The van der Waals surface area contributed by atoms with Crippen LogP contribution in [0.5, 0.6) is 0 Å². The second-order valence-electron chi connectivity index (χ2n) is 11.5. The Labute approximate surface area is 273 Å². The van der Waals surface area contributed by atoms with E-state index >= 15 is 0 Å². The van der Waals surface area contributed by atoms with Crippen molar-refractivity contribution in [1.82, 2.24) is 0 Å². The number of hydrogen-bond donors (Lipinski definition) is 0. The third-order valence-electron chi connectivity index (χ3n) is 7.51. The van der Waals surface area contributed by atoms with Crippen molar-refractivity contribution in [3.63, 3.8) is 0 Å². The molecule has 0 saturated heterocycles. The first-order valence-electron chi connectivity index (χ1n) is 17.2. The average Bonchev–Trinajstić information content (AvgIpc) is 2.93. The van der Waals surface area contributed by atoms with Crippen molar-refractivity contribution >= 4 is 11.9 Å². The Bertz CT molecular complexity index is 541. The third kappa shape index (κ3) is 35.6. The van der Waals surface area contributed by atoms with Crippen LogP contribution < -0.4 is 29.6 Å². The van der Waals surface area contributed by atoms with Gasteiger partial charge in [0.15, 0.2) is 0 Å². The van der Waals surface area contributed by atoms with E-state index in [-0.39, 0.29) is 42.9 Å². The molecule has 0 aromatic heterocycles. The monoisotopic (exact) mass is 570 g/mol. The summed E-state index contributed by atoms with van der Waals surface area (Å²) in [6.07, 6.45) is 42.2. The molecule has 0 unspecified atom stereocenters. The van der Waals surface area contributed by atoms with Crippen molar-refractivity contribution in [2.45, 2.75) is 194 Å². The second kappa shape index (κ2) is 36.6. The molecular formula is C36H67NaO3. The van der Waals surface area contributed by atoms with Gasteiger partial charge >= 0.3 is 41.5 Å². The topological polar surface area (TPSA) is 43.4 Å². The van der Waals surface area contributed by atoms with Crippen LogP contribution in [0.3, 0.4) is 0 Å². The summed E-state index contributed by atoms with van der Waals surface area (Å²) in [5.41, 5.74) is 0. The molecule has 4 heteroatoms. The zero-order valence-corrected chi connectivity index (χ0v) is 29.3. The predicted octanol–water partition coefficient (Wildman–Crippen LogP) is 9.25. The van der Waals surface area contributed by atoms with Gasteiger partial charge in [-0.05, 0) is 64.2 Å². The number of esters is 2. The SMILES string of the molecule is CCCCCCCC/C=C\CCCCCCCC(=O)OC(=O)CCCCCCC/C=C\CCCCCCCC.[H-].[Na+]. The quantitative estimate of drug-likeness (QED) is 0.0284. The fraction of sp³-hybridized carbons (Fsp3) is 0.833. The average molecular weight is 571 g/mol. The number of unbranched alkanes of at least 4 members (excludes halogenated alkanes) is 22. The van der Waals surface area contributed by atoms with Gasteiger partial charge in [0.2, 0.25) is 0 Å². The van der Waals surface area contributed by atoms with Crippen LogP contribution in [0, 0.1) is 0 Å². The molecule has 0 N–H and O–H groups in total. The number of carbonyl (C=O) groups excluding carboxylic acids is 2. The Morgan fingerprint density at radius 1 is 0.425 bits per heavy atom. The van der Waals surface area contributed by atoms with Gasteiger partial charge in [0.25, 0.3) is 0 Å². The molecule has 0 heterocycles. The molecule has 40 heavy (non-hydrogen) atoms. The van der Waals surface area contributed by atoms with Crippen LogP contribution in [0.2, 0.25) is 0 Å². The van der Waals surface area contributed by atoms with Gasteiger partial charge in [-0.15, -0.1) is 0 Å². The van der Waals surface area contributed by atoms with Crippen LogP contribution in [0.15, 0.2) is 24.3 Å². The van der Waals surface area contributed by atoms with E-state index in [9.17, 15) is 9.59 Å². The number of rotatable bonds is 30. The summed E-state index contributed by atoms with van der Waals surface area (Å²) in [6.45, 7) is 4.53. The van der Waals surface area contributed by atoms with Gasteiger partial charge in [0.05, 0.1) is 0 Å². The summed E-state index contributed by atoms with van der Waals surface area (Å²) in [6, 6.07) is 0. The first-order valence-corrected chi connectivity index (χ1v) is 17.2. The Kier molecular flexibility index (Phi) is 38.3. The van der Waals surface area contributed by atoms with Gasteiger partial charge in [-0.2, -0.15) is 0 Å². The molecule has 0 aliphatic carbocycles. The fourth-order valence-corrected chi connectivity index (χ4v) is 4.91. The molecule has 0 amide bonds. The summed E-state index contributed by atoms with van der Waals surface area (Å²) in [5, 5.41) is 0. The largest absolute Gasteiger partial charge is 1.00 e. The van der Waals surface area contributed by atoms with E-state index in [0.717, 1.165) is 38.5 Å². The standard InChI is InChI=1S/C36H66O3.Na.H/c1-3-5-7-9-11-13-15-17-19-21-23-25-27-29-31-33-35(37)39-36(38)34-32-30-28-26-24-22-20-18-16-14-12-10-8-6-4-2;;/h17-20H,3-16,21-34H2,1-2H3;;/q;+1;-1/b19-17-,20-18-;;. The van der Waals surface area contributed by atoms with E-state index in [1.807, 2.05) is 0 Å². The van der Waals surface area contributed by atoms with Crippen LogP contribution in [-0.2, 0) is 14.3 Å². The molecule has 0 fully saturated rings. The fourth-order valence-electron chi connectivity index (χ4n) is 4.91. The summed E-state index contributed by atoms with van der Waals surface area (Å²) in [4.78, 5) is 23.8. The van der Waals surface area contributed by atoms with Crippen LogP contribution in [0.25, 0.3) is 0 Å². The van der Waals surface area contributed by atoms with Gasteiger partial charge in [0.1, 0.15) is 0 Å². The van der Waals surface area contributed by atoms with Crippen molar-refractivity contribution in [3.8, 4) is 0 Å². The zero-order valence-electron chi connectivity index (χ0n) is 28.3. The van der Waals surface area contributed by atoms with Crippen molar-refractivity contribution in [1.29, 1.82) is 0 Å². The maximum Gasteiger partial charge on any atom is 1.00 e. The van der Waals surface area contributed by atoms with Crippen LogP contribution in [-0.4, -0.2) is 11.9 Å². The summed E-state index contributed by atoms with van der Waals surface area (Å²) < 4.78 is 4.99. The van der Waals surface area contributed by atoms with Gasteiger partial charge < -0.3 is 6.16 Å². The maximum absolute atomic E-state index is 11.9. The van der Waals surface area contributed by atoms with Crippen molar-refractivity contribution in [3.05, 3.63) is 24.3 Å². The second-order valence-corrected chi connectivity index (χ2v) is 11.5. The molecule has 0 aliphatic rings. The summed E-state index contributed by atoms with van der Waals surface area (Å²) in [5.74, 6) is -0.684. The van der Waals surface area contributed by atoms with Crippen molar-refractivity contribution < 1.29 is 45.3 Å². The normalized spacial score (nSPS) is 11.3. The Morgan fingerprint density at radius 2 is 0.675 bits per heavy atom. The molecule has 0 aromatic carbocycles. The molecule has 0 atom stereocenters. The van der Waals surface area contributed by atoms with E-state index in [1.165, 1.54) is 128 Å². The van der Waals surface area contributed by atoms with E-state index in [2.05, 4.69) is 38.2 Å². The number of ether oxygens (including phenoxy) is 1.